The average molecular weight is 697 g/mol. The van der Waals surface area contributed by atoms with Crippen LogP contribution in [0.15, 0.2) is 60.0 Å². The molecule has 0 aliphatic heterocycles. The third kappa shape index (κ3) is 8.85. The minimum Gasteiger partial charge on any atom is -0.481 e. The number of aliphatic carboxylic acids is 1. The van der Waals surface area contributed by atoms with Crippen LogP contribution in [-0.4, -0.2) is 31.1 Å². The van der Waals surface area contributed by atoms with Gasteiger partial charge in [0.15, 0.2) is 0 Å². The van der Waals surface area contributed by atoms with Crippen molar-refractivity contribution in [2.75, 3.05) is 0 Å². The quantitative estimate of drug-likeness (QED) is 0.121. The van der Waals surface area contributed by atoms with E-state index >= 15 is 4.39 Å². The van der Waals surface area contributed by atoms with E-state index < -0.39 is 59.3 Å². The third-order valence-corrected chi connectivity index (χ3v) is 8.22. The first-order chi connectivity index (χ1) is 23.5. The van der Waals surface area contributed by atoms with Crippen molar-refractivity contribution in [3.05, 3.63) is 111 Å². The third-order valence-electron chi connectivity index (χ3n) is 8.22. The maximum Gasteiger partial charge on any atom is 0.416 e. The molecule has 2 aromatic carbocycles. The zero-order valence-electron chi connectivity index (χ0n) is 28.2. The zero-order valence-corrected chi connectivity index (χ0v) is 28.2. The minimum absolute atomic E-state index is 0.0130. The molecule has 0 saturated carbocycles. The van der Waals surface area contributed by atoms with Gasteiger partial charge >= 0.3 is 12.1 Å². The lowest BCUT2D eigenvalue weighted by atomic mass is 9.90. The minimum atomic E-state index is -4.85. The molecule has 264 valence electrons. The highest BCUT2D eigenvalue weighted by atomic mass is 19.4. The molecule has 0 spiro atoms. The van der Waals surface area contributed by atoms with Crippen LogP contribution in [-0.2, 0) is 28.7 Å². The predicted octanol–water partition coefficient (Wildman–Crippen LogP) is 7.16. The van der Waals surface area contributed by atoms with Gasteiger partial charge < -0.3 is 19.6 Å². The van der Waals surface area contributed by atoms with E-state index in [1.807, 2.05) is 0 Å². The van der Waals surface area contributed by atoms with Crippen LogP contribution in [0.25, 0.3) is 11.1 Å². The number of hydrogen-bond acceptors (Lipinski definition) is 4. The van der Waals surface area contributed by atoms with Gasteiger partial charge in [-0.2, -0.15) is 13.2 Å². The summed E-state index contributed by atoms with van der Waals surface area (Å²) < 4.78 is 74.9. The van der Waals surface area contributed by atoms with E-state index in [-0.39, 0.29) is 42.0 Å². The van der Waals surface area contributed by atoms with Gasteiger partial charge in [-0.15, -0.1) is 5.92 Å². The Bertz CT molecular complexity index is 1980. The Morgan fingerprint density at radius 1 is 1.06 bits per heavy atom. The van der Waals surface area contributed by atoms with Crippen LogP contribution in [0, 0.1) is 43.2 Å². The van der Waals surface area contributed by atoms with E-state index in [0.29, 0.717) is 28.3 Å². The second kappa shape index (κ2) is 15.5. The highest BCUT2D eigenvalue weighted by Gasteiger charge is 2.36. The molecule has 2 aromatic heterocycles. The van der Waals surface area contributed by atoms with Gasteiger partial charge in [-0.3, -0.25) is 14.4 Å². The normalized spacial score (nSPS) is 12.7. The summed E-state index contributed by atoms with van der Waals surface area (Å²) >= 11 is 0. The number of nitrogens with one attached hydrogen (secondary N) is 1. The number of rotatable bonds is 12. The number of imidazole rings is 1. The number of hydrogen-bond donors (Lipinski definition) is 2. The zero-order chi connectivity index (χ0) is 36.9. The summed E-state index contributed by atoms with van der Waals surface area (Å²) in [5.41, 5.74) is -0.759. The van der Waals surface area contributed by atoms with Gasteiger partial charge in [0.05, 0.1) is 29.9 Å². The number of benzene rings is 2. The molecule has 0 aliphatic rings. The molecule has 50 heavy (non-hydrogen) atoms. The van der Waals surface area contributed by atoms with E-state index in [1.54, 1.807) is 38.5 Å². The van der Waals surface area contributed by atoms with Crippen LogP contribution in [0.2, 0.25) is 0 Å². The Morgan fingerprint density at radius 2 is 1.74 bits per heavy atom. The lowest BCUT2D eigenvalue weighted by molar-refractivity contribution is -0.139. The molecule has 4 aromatic rings. The van der Waals surface area contributed by atoms with E-state index in [1.165, 1.54) is 43.7 Å². The largest absolute Gasteiger partial charge is 0.481 e. The van der Waals surface area contributed by atoms with Crippen LogP contribution in [0.1, 0.15) is 79.1 Å². The van der Waals surface area contributed by atoms with E-state index in [9.17, 15) is 37.1 Å². The molecule has 4 rings (SSSR count). The fourth-order valence-corrected chi connectivity index (χ4v) is 6.08. The van der Waals surface area contributed by atoms with Crippen molar-refractivity contribution in [2.24, 2.45) is 5.92 Å². The Kier molecular flexibility index (Phi) is 11.7. The summed E-state index contributed by atoms with van der Waals surface area (Å²) in [6.07, 6.45) is -0.299. The summed E-state index contributed by atoms with van der Waals surface area (Å²) in [5, 5.41) is 12.4. The lowest BCUT2D eigenvalue weighted by Crippen LogP contribution is -2.41. The number of nitrogens with zero attached hydrogens (tertiary/aromatic N) is 3. The molecule has 0 fully saturated rings. The standard InChI is InChI=1S/C37H37F5N4O4/c1-6-7-24-15-26(34-22(4)13-27(38)14-23(34)5)16-28(35(24)39)30(18-33(48)49)44-36(50)31(12-21(2)3)46-19-25(8-10-45-11-9-43-20-45)29(17-32(46)47)37(40,41)42/h9,11,13-17,19-21,30-31H,8,10,12,18H2,1-5H3,(H,44,50)(H,48,49)/t30-,31-/m1/s1. The van der Waals surface area contributed by atoms with E-state index in [2.05, 4.69) is 22.1 Å². The van der Waals surface area contributed by atoms with Gasteiger partial charge in [-0.05, 0) is 91.6 Å². The second-order valence-electron chi connectivity index (χ2n) is 12.5. The monoisotopic (exact) mass is 696 g/mol. The van der Waals surface area contributed by atoms with Gasteiger partial charge in [-0.1, -0.05) is 19.8 Å². The van der Waals surface area contributed by atoms with Gasteiger partial charge in [0.25, 0.3) is 5.56 Å². The van der Waals surface area contributed by atoms with Crippen molar-refractivity contribution >= 4 is 11.9 Å². The molecule has 8 nitrogen and oxygen atoms in total. The van der Waals surface area contributed by atoms with Crippen LogP contribution in [0.5, 0.6) is 0 Å². The summed E-state index contributed by atoms with van der Waals surface area (Å²) in [7, 11) is 0. The molecule has 0 bridgehead atoms. The van der Waals surface area contributed by atoms with Gasteiger partial charge in [0.1, 0.15) is 17.7 Å². The maximum atomic E-state index is 16.1. The molecule has 0 unspecified atom stereocenters. The number of carbonyl (C=O) groups is 2. The Hall–Kier alpha value is -5.25. The highest BCUT2D eigenvalue weighted by molar-refractivity contribution is 5.82. The Morgan fingerprint density at radius 3 is 2.30 bits per heavy atom. The number of amides is 1. The first-order valence-electron chi connectivity index (χ1n) is 15.8. The van der Waals surface area contributed by atoms with Crippen LogP contribution in [0.3, 0.4) is 0 Å². The lowest BCUT2D eigenvalue weighted by Gasteiger charge is -2.27. The summed E-state index contributed by atoms with van der Waals surface area (Å²) in [5.74, 6) is 1.39. The van der Waals surface area contributed by atoms with Crippen molar-refractivity contribution in [3.8, 4) is 23.0 Å². The van der Waals surface area contributed by atoms with Crippen molar-refractivity contribution in [2.45, 2.75) is 78.7 Å². The Labute approximate surface area is 286 Å². The fourth-order valence-electron chi connectivity index (χ4n) is 6.08. The fraction of sp³-hybridized carbons (Fsp3) is 0.351. The number of pyridine rings is 1. The van der Waals surface area contributed by atoms with Crippen LogP contribution in [0.4, 0.5) is 22.0 Å². The number of aryl methyl sites for hydroxylation is 4. The van der Waals surface area contributed by atoms with Crippen LogP contribution >= 0.6 is 0 Å². The summed E-state index contributed by atoms with van der Waals surface area (Å²) in [6, 6.07) is 3.01. The number of carboxylic acids is 1. The smallest absolute Gasteiger partial charge is 0.416 e. The van der Waals surface area contributed by atoms with Crippen LogP contribution < -0.4 is 10.9 Å². The number of carboxylic acid groups (broad SMARTS) is 1. The molecule has 2 atom stereocenters. The molecule has 0 radical (unpaired) electrons. The molecular formula is C37H37F5N4O4. The van der Waals surface area contributed by atoms with Crippen molar-refractivity contribution in [1.82, 2.24) is 19.4 Å². The van der Waals surface area contributed by atoms with Gasteiger partial charge in [-0.25, -0.2) is 13.8 Å². The highest BCUT2D eigenvalue weighted by Crippen LogP contribution is 2.35. The molecule has 2 heterocycles. The molecule has 1 amide bonds. The van der Waals surface area contributed by atoms with Crippen molar-refractivity contribution in [3.63, 3.8) is 0 Å². The van der Waals surface area contributed by atoms with Crippen molar-refractivity contribution < 1.29 is 36.6 Å². The molecular weight excluding hydrogens is 659 g/mol. The Balaban J connectivity index is 1.83. The summed E-state index contributed by atoms with van der Waals surface area (Å²) in [6.45, 7) is 8.41. The molecule has 0 saturated heterocycles. The number of carbonyl (C=O) groups excluding carboxylic acids is 1. The molecule has 13 heteroatoms. The number of alkyl halides is 3. The molecule has 2 N–H and O–H groups in total. The van der Waals surface area contributed by atoms with Gasteiger partial charge in [0, 0.05) is 36.8 Å². The first kappa shape index (κ1) is 37.6. The van der Waals surface area contributed by atoms with Gasteiger partial charge in [0.2, 0.25) is 5.91 Å². The first-order valence-corrected chi connectivity index (χ1v) is 15.8. The summed E-state index contributed by atoms with van der Waals surface area (Å²) in [4.78, 5) is 43.3. The maximum absolute atomic E-state index is 16.1. The number of aromatic nitrogens is 3. The van der Waals surface area contributed by atoms with E-state index in [4.69, 9.17) is 0 Å². The molecule has 0 aliphatic carbocycles. The predicted molar refractivity (Wildman–Crippen MR) is 177 cm³/mol. The average Bonchev–Trinajstić information content (AvgIpc) is 3.53. The number of halogens is 5. The van der Waals surface area contributed by atoms with E-state index in [0.717, 1.165) is 10.8 Å². The SMILES string of the molecule is CC#Cc1cc(-c2c(C)cc(F)cc2C)cc([C@@H](CC(=O)O)NC(=O)[C@@H](CC(C)C)n2cc(CCn3ccnc3)c(C(F)(F)F)cc2=O)c1F. The topological polar surface area (TPSA) is 106 Å². The van der Waals surface area contributed by atoms with Crippen molar-refractivity contribution in [1.29, 1.82) is 0 Å². The second-order valence-corrected chi connectivity index (χ2v) is 12.5.